The van der Waals surface area contributed by atoms with Crippen LogP contribution in [-0.4, -0.2) is 11.5 Å². The molecule has 0 saturated heterocycles. The number of hydrogen-bond donors (Lipinski definition) is 1. The zero-order chi connectivity index (χ0) is 14.9. The summed E-state index contributed by atoms with van der Waals surface area (Å²) >= 11 is 0. The molecule has 0 radical (unpaired) electrons. The van der Waals surface area contributed by atoms with Crippen molar-refractivity contribution >= 4 is 0 Å². The minimum absolute atomic E-state index is 0.366. The summed E-state index contributed by atoms with van der Waals surface area (Å²) in [5.74, 6) is 0. The van der Waals surface area contributed by atoms with Gasteiger partial charge in [-0.1, -0.05) is 50.6 Å². The summed E-state index contributed by atoms with van der Waals surface area (Å²) in [4.78, 5) is 4.22. The Morgan fingerprint density at radius 1 is 1.00 bits per heavy atom. The molecule has 0 aliphatic rings. The molecule has 2 aromatic rings. The van der Waals surface area contributed by atoms with Crippen LogP contribution in [0.1, 0.15) is 49.4 Å². The van der Waals surface area contributed by atoms with E-state index in [0.29, 0.717) is 6.04 Å². The van der Waals surface area contributed by atoms with Crippen LogP contribution < -0.4 is 5.32 Å². The second-order valence-corrected chi connectivity index (χ2v) is 5.56. The number of aryl methyl sites for hydroxylation is 1. The van der Waals surface area contributed by atoms with Gasteiger partial charge >= 0.3 is 0 Å². The normalized spacial score (nSPS) is 12.3. The molecular weight excluding hydrogens is 256 g/mol. The molecule has 1 aromatic carbocycles. The van der Waals surface area contributed by atoms with Crippen LogP contribution in [0.5, 0.6) is 0 Å². The van der Waals surface area contributed by atoms with Gasteiger partial charge < -0.3 is 5.32 Å². The van der Waals surface area contributed by atoms with E-state index in [1.807, 2.05) is 18.5 Å². The van der Waals surface area contributed by atoms with Gasteiger partial charge in [-0.05, 0) is 48.6 Å². The predicted molar refractivity (Wildman–Crippen MR) is 89.4 cm³/mol. The Hall–Kier alpha value is -1.67. The van der Waals surface area contributed by atoms with Gasteiger partial charge in [0.2, 0.25) is 0 Å². The summed E-state index contributed by atoms with van der Waals surface area (Å²) in [7, 11) is 0. The monoisotopic (exact) mass is 282 g/mol. The Morgan fingerprint density at radius 2 is 1.81 bits per heavy atom. The third-order valence-corrected chi connectivity index (χ3v) is 3.72. The van der Waals surface area contributed by atoms with Gasteiger partial charge in [0.25, 0.3) is 0 Å². The van der Waals surface area contributed by atoms with Crippen molar-refractivity contribution in [1.29, 1.82) is 0 Å². The zero-order valence-electron chi connectivity index (χ0n) is 13.2. The molecule has 1 aromatic heterocycles. The van der Waals surface area contributed by atoms with Crippen LogP contribution in [0.25, 0.3) is 0 Å². The molecule has 2 rings (SSSR count). The van der Waals surface area contributed by atoms with E-state index in [2.05, 4.69) is 54.5 Å². The van der Waals surface area contributed by atoms with E-state index >= 15 is 0 Å². The second kappa shape index (κ2) is 8.58. The van der Waals surface area contributed by atoms with Crippen molar-refractivity contribution in [3.8, 4) is 0 Å². The Labute approximate surface area is 128 Å². The van der Waals surface area contributed by atoms with E-state index in [9.17, 15) is 0 Å². The van der Waals surface area contributed by atoms with Crippen molar-refractivity contribution in [2.45, 2.75) is 45.6 Å². The summed E-state index contributed by atoms with van der Waals surface area (Å²) in [6.07, 6.45) is 8.30. The van der Waals surface area contributed by atoms with Crippen LogP contribution in [0.4, 0.5) is 0 Å². The first-order valence-corrected chi connectivity index (χ1v) is 8.04. The van der Waals surface area contributed by atoms with Gasteiger partial charge in [-0.2, -0.15) is 0 Å². The van der Waals surface area contributed by atoms with Gasteiger partial charge in [0.15, 0.2) is 0 Å². The van der Waals surface area contributed by atoms with Crippen LogP contribution >= 0.6 is 0 Å². The van der Waals surface area contributed by atoms with Gasteiger partial charge in [-0.25, -0.2) is 0 Å². The van der Waals surface area contributed by atoms with Crippen molar-refractivity contribution in [2.24, 2.45) is 0 Å². The van der Waals surface area contributed by atoms with Crippen molar-refractivity contribution in [1.82, 2.24) is 10.3 Å². The lowest BCUT2D eigenvalue weighted by molar-refractivity contribution is 0.528. The van der Waals surface area contributed by atoms with Crippen LogP contribution in [0.2, 0.25) is 0 Å². The molecule has 2 nitrogen and oxygen atoms in total. The molecule has 112 valence electrons. The zero-order valence-corrected chi connectivity index (χ0v) is 13.2. The third kappa shape index (κ3) is 4.98. The molecule has 0 aliphatic carbocycles. The fraction of sp³-hybridized carbons (Fsp3) is 0.421. The number of nitrogens with zero attached hydrogens (tertiary/aromatic N) is 1. The molecule has 21 heavy (non-hydrogen) atoms. The lowest BCUT2D eigenvalue weighted by Crippen LogP contribution is -2.24. The molecule has 0 amide bonds. The minimum atomic E-state index is 0.366. The molecule has 1 unspecified atom stereocenters. The summed E-state index contributed by atoms with van der Waals surface area (Å²) in [5, 5.41) is 3.66. The Kier molecular flexibility index (Phi) is 6.42. The molecule has 2 heteroatoms. The third-order valence-electron chi connectivity index (χ3n) is 3.72. The maximum atomic E-state index is 4.22. The molecule has 1 atom stereocenters. The van der Waals surface area contributed by atoms with Crippen LogP contribution in [0, 0.1) is 0 Å². The molecule has 1 heterocycles. The predicted octanol–water partition coefficient (Wildman–Crippen LogP) is 4.32. The number of nitrogens with one attached hydrogen (secondary N) is 1. The molecule has 0 bridgehead atoms. The molecule has 0 fully saturated rings. The molecular formula is C19H26N2. The number of pyridine rings is 1. The number of hydrogen-bond acceptors (Lipinski definition) is 2. The lowest BCUT2D eigenvalue weighted by atomic mass is 9.98. The van der Waals surface area contributed by atoms with Gasteiger partial charge in [-0.15, -0.1) is 0 Å². The smallest absolute Gasteiger partial charge is 0.0361 e. The highest BCUT2D eigenvalue weighted by Crippen LogP contribution is 2.19. The maximum Gasteiger partial charge on any atom is 0.0361 e. The second-order valence-electron chi connectivity index (χ2n) is 5.56. The Balaban J connectivity index is 2.11. The first kappa shape index (κ1) is 15.7. The van der Waals surface area contributed by atoms with Crippen LogP contribution in [-0.2, 0) is 12.8 Å². The van der Waals surface area contributed by atoms with Crippen molar-refractivity contribution < 1.29 is 0 Å². The average Bonchev–Trinajstić information content (AvgIpc) is 2.53. The van der Waals surface area contributed by atoms with Gasteiger partial charge in [0, 0.05) is 18.4 Å². The largest absolute Gasteiger partial charge is 0.310 e. The first-order valence-electron chi connectivity index (χ1n) is 8.04. The quantitative estimate of drug-likeness (QED) is 0.780. The Morgan fingerprint density at radius 3 is 2.43 bits per heavy atom. The van der Waals surface area contributed by atoms with E-state index in [1.165, 1.54) is 23.1 Å². The highest BCUT2D eigenvalue weighted by Gasteiger charge is 2.11. The highest BCUT2D eigenvalue weighted by atomic mass is 14.9. The Bertz CT molecular complexity index is 505. The first-order chi connectivity index (χ1) is 10.3. The number of benzene rings is 1. The van der Waals surface area contributed by atoms with Crippen LogP contribution in [0.15, 0.2) is 48.8 Å². The van der Waals surface area contributed by atoms with E-state index in [4.69, 9.17) is 0 Å². The molecule has 0 spiro atoms. The van der Waals surface area contributed by atoms with Crippen LogP contribution in [0.3, 0.4) is 0 Å². The molecule has 0 aliphatic heterocycles. The highest BCUT2D eigenvalue weighted by molar-refractivity contribution is 5.27. The van der Waals surface area contributed by atoms with Gasteiger partial charge in [0.1, 0.15) is 0 Å². The minimum Gasteiger partial charge on any atom is -0.310 e. The van der Waals surface area contributed by atoms with E-state index < -0.39 is 0 Å². The SMILES string of the molecule is CCCNC(Cc1cccnc1)c1ccc(CCC)cc1. The van der Waals surface area contributed by atoms with Crippen molar-refractivity contribution in [3.63, 3.8) is 0 Å². The summed E-state index contributed by atoms with van der Waals surface area (Å²) < 4.78 is 0. The van der Waals surface area contributed by atoms with Gasteiger partial charge in [-0.3, -0.25) is 4.98 Å². The summed E-state index contributed by atoms with van der Waals surface area (Å²) in [6.45, 7) is 5.47. The standard InChI is InChI=1S/C19H26N2/c1-3-6-16-8-10-18(11-9-16)19(21-12-4-2)14-17-7-5-13-20-15-17/h5,7-11,13,15,19,21H,3-4,6,12,14H2,1-2H3. The fourth-order valence-corrected chi connectivity index (χ4v) is 2.59. The van der Waals surface area contributed by atoms with E-state index in [-0.39, 0.29) is 0 Å². The van der Waals surface area contributed by atoms with E-state index in [0.717, 1.165) is 25.8 Å². The average molecular weight is 282 g/mol. The van der Waals surface area contributed by atoms with Crippen molar-refractivity contribution in [3.05, 3.63) is 65.5 Å². The molecule has 1 N–H and O–H groups in total. The summed E-state index contributed by atoms with van der Waals surface area (Å²) in [5.41, 5.74) is 4.08. The topological polar surface area (TPSA) is 24.9 Å². The fourth-order valence-electron chi connectivity index (χ4n) is 2.59. The van der Waals surface area contributed by atoms with Gasteiger partial charge in [0.05, 0.1) is 0 Å². The maximum absolute atomic E-state index is 4.22. The molecule has 0 saturated carbocycles. The van der Waals surface area contributed by atoms with E-state index in [1.54, 1.807) is 0 Å². The summed E-state index contributed by atoms with van der Waals surface area (Å²) in [6, 6.07) is 13.6. The number of aromatic nitrogens is 1. The van der Waals surface area contributed by atoms with Crippen molar-refractivity contribution in [2.75, 3.05) is 6.54 Å². The number of rotatable bonds is 8. The lowest BCUT2D eigenvalue weighted by Gasteiger charge is -2.19.